The third-order valence-corrected chi connectivity index (χ3v) is 2.94. The number of ether oxygens (including phenoxy) is 1. The molecule has 3 heteroatoms. The predicted molar refractivity (Wildman–Crippen MR) is 80.1 cm³/mol. The molecule has 0 aliphatic carbocycles. The summed E-state index contributed by atoms with van der Waals surface area (Å²) in [6.07, 6.45) is 0. The zero-order valence-corrected chi connectivity index (χ0v) is 11.5. The summed E-state index contributed by atoms with van der Waals surface area (Å²) in [6.45, 7) is 2.01. The van der Waals surface area contributed by atoms with E-state index in [4.69, 9.17) is 4.74 Å². The second kappa shape index (κ2) is 6.05. The van der Waals surface area contributed by atoms with E-state index in [-0.39, 0.29) is 0 Å². The number of methoxy groups -OCH3 is 1. The van der Waals surface area contributed by atoms with Gasteiger partial charge < -0.3 is 4.74 Å². The molecule has 0 spiro atoms. The molecule has 0 N–H and O–H groups in total. The highest BCUT2D eigenvalue weighted by Gasteiger charge is 2.01. The molecule has 0 saturated carbocycles. The van der Waals surface area contributed by atoms with Crippen LogP contribution in [0.4, 0.5) is 5.69 Å². The van der Waals surface area contributed by atoms with Crippen molar-refractivity contribution in [1.82, 2.24) is 0 Å². The van der Waals surface area contributed by atoms with Gasteiger partial charge in [0.15, 0.2) is 0 Å². The van der Waals surface area contributed by atoms with Crippen molar-refractivity contribution < 1.29 is 4.74 Å². The fraction of sp³-hybridized carbons (Fsp3) is 0.188. The molecule has 0 aromatic heterocycles. The highest BCUT2D eigenvalue weighted by atomic mass is 16.5. The first-order chi connectivity index (χ1) is 9.20. The van der Waals surface area contributed by atoms with Crippen LogP contribution < -0.4 is 9.75 Å². The Morgan fingerprint density at radius 3 is 2.21 bits per heavy atom. The van der Waals surface area contributed by atoms with E-state index >= 15 is 0 Å². The van der Waals surface area contributed by atoms with Gasteiger partial charge in [-0.05, 0) is 36.8 Å². The van der Waals surface area contributed by atoms with Crippen LogP contribution in [0.5, 0.6) is 5.75 Å². The van der Waals surface area contributed by atoms with E-state index in [2.05, 4.69) is 17.2 Å². The van der Waals surface area contributed by atoms with Crippen LogP contribution in [0, 0.1) is 0 Å². The van der Waals surface area contributed by atoms with Gasteiger partial charge in [-0.3, -0.25) is 5.01 Å². The molecular formula is C16H18N2O. The summed E-state index contributed by atoms with van der Waals surface area (Å²) < 4.78 is 5.14. The minimum Gasteiger partial charge on any atom is -0.497 e. The number of nitrogens with zero attached hydrogens (tertiary/aromatic N) is 2. The van der Waals surface area contributed by atoms with Gasteiger partial charge in [0.2, 0.25) is 0 Å². The van der Waals surface area contributed by atoms with Crippen molar-refractivity contribution in [3.8, 4) is 5.75 Å². The zero-order chi connectivity index (χ0) is 13.7. The Labute approximate surface area is 114 Å². The molecule has 2 rings (SSSR count). The van der Waals surface area contributed by atoms with Gasteiger partial charge in [-0.2, -0.15) is 5.10 Å². The summed E-state index contributed by atoms with van der Waals surface area (Å²) in [5.74, 6) is 0.848. The Bertz CT molecular complexity index is 547. The van der Waals surface area contributed by atoms with Gasteiger partial charge >= 0.3 is 0 Å². The van der Waals surface area contributed by atoms with Crippen LogP contribution in [0.3, 0.4) is 0 Å². The Hall–Kier alpha value is -2.29. The summed E-state index contributed by atoms with van der Waals surface area (Å²) in [5.41, 5.74) is 3.14. The van der Waals surface area contributed by atoms with Crippen molar-refractivity contribution in [2.24, 2.45) is 5.10 Å². The SMILES string of the molecule is COc1ccc(N(C)N=C(C)c2ccccc2)cc1. The van der Waals surface area contributed by atoms with Crippen LogP contribution in [0.1, 0.15) is 12.5 Å². The molecule has 0 radical (unpaired) electrons. The standard InChI is InChI=1S/C16H18N2O/c1-13(14-7-5-4-6-8-14)17-18(2)15-9-11-16(19-3)12-10-15/h4-12H,1-3H3. The highest BCUT2D eigenvalue weighted by Crippen LogP contribution is 2.18. The first-order valence-corrected chi connectivity index (χ1v) is 6.19. The average molecular weight is 254 g/mol. The van der Waals surface area contributed by atoms with Gasteiger partial charge in [0.1, 0.15) is 5.75 Å². The van der Waals surface area contributed by atoms with Gasteiger partial charge in [-0.15, -0.1) is 0 Å². The van der Waals surface area contributed by atoms with Crippen molar-refractivity contribution in [2.75, 3.05) is 19.2 Å². The Balaban J connectivity index is 2.17. The molecule has 0 amide bonds. The lowest BCUT2D eigenvalue weighted by atomic mass is 10.1. The molecule has 0 unspecified atom stereocenters. The van der Waals surface area contributed by atoms with Crippen LogP contribution in [0.25, 0.3) is 0 Å². The Morgan fingerprint density at radius 2 is 1.63 bits per heavy atom. The summed E-state index contributed by atoms with van der Waals surface area (Å²) in [5, 5.41) is 6.44. The van der Waals surface area contributed by atoms with E-state index in [0.717, 1.165) is 22.7 Å². The number of rotatable bonds is 4. The smallest absolute Gasteiger partial charge is 0.119 e. The quantitative estimate of drug-likeness (QED) is 0.615. The summed E-state index contributed by atoms with van der Waals surface area (Å²) in [4.78, 5) is 0. The maximum Gasteiger partial charge on any atom is 0.119 e. The minimum absolute atomic E-state index is 0.848. The number of benzene rings is 2. The van der Waals surface area contributed by atoms with Crippen molar-refractivity contribution in [1.29, 1.82) is 0 Å². The second-order valence-electron chi connectivity index (χ2n) is 4.27. The Morgan fingerprint density at radius 1 is 1.00 bits per heavy atom. The molecule has 0 atom stereocenters. The molecule has 2 aromatic carbocycles. The molecule has 19 heavy (non-hydrogen) atoms. The van der Waals surface area contributed by atoms with Gasteiger partial charge in [0, 0.05) is 7.05 Å². The molecule has 0 bridgehead atoms. The van der Waals surface area contributed by atoms with E-state index in [1.165, 1.54) is 0 Å². The number of hydrazone groups is 1. The van der Waals surface area contributed by atoms with E-state index in [1.807, 2.05) is 61.4 Å². The molecule has 2 aromatic rings. The lowest BCUT2D eigenvalue weighted by Crippen LogP contribution is -2.12. The van der Waals surface area contributed by atoms with Crippen molar-refractivity contribution >= 4 is 11.4 Å². The average Bonchev–Trinajstić information content (AvgIpc) is 2.48. The third kappa shape index (κ3) is 3.35. The van der Waals surface area contributed by atoms with Crippen LogP contribution in [0.2, 0.25) is 0 Å². The molecular weight excluding hydrogens is 236 g/mol. The van der Waals surface area contributed by atoms with E-state index < -0.39 is 0 Å². The lowest BCUT2D eigenvalue weighted by Gasteiger charge is -2.15. The molecule has 98 valence electrons. The monoisotopic (exact) mass is 254 g/mol. The number of anilines is 1. The highest BCUT2D eigenvalue weighted by molar-refractivity contribution is 5.99. The van der Waals surface area contributed by atoms with Crippen LogP contribution >= 0.6 is 0 Å². The maximum absolute atomic E-state index is 5.14. The molecule has 0 saturated heterocycles. The molecule has 3 nitrogen and oxygen atoms in total. The van der Waals surface area contributed by atoms with Crippen molar-refractivity contribution in [3.63, 3.8) is 0 Å². The predicted octanol–water partition coefficient (Wildman–Crippen LogP) is 3.56. The maximum atomic E-state index is 5.14. The van der Waals surface area contributed by atoms with Crippen molar-refractivity contribution in [3.05, 3.63) is 60.2 Å². The summed E-state index contributed by atoms with van der Waals surface area (Å²) in [6, 6.07) is 18.0. The largest absolute Gasteiger partial charge is 0.497 e. The number of hydrogen-bond donors (Lipinski definition) is 0. The second-order valence-corrected chi connectivity index (χ2v) is 4.27. The van der Waals surface area contributed by atoms with E-state index in [1.54, 1.807) is 7.11 Å². The lowest BCUT2D eigenvalue weighted by molar-refractivity contribution is 0.415. The van der Waals surface area contributed by atoms with Gasteiger partial charge in [-0.1, -0.05) is 30.3 Å². The first kappa shape index (κ1) is 13.1. The third-order valence-electron chi connectivity index (χ3n) is 2.94. The molecule has 0 aliphatic rings. The number of hydrogen-bond acceptors (Lipinski definition) is 3. The van der Waals surface area contributed by atoms with Crippen LogP contribution in [-0.4, -0.2) is 19.9 Å². The van der Waals surface area contributed by atoms with Crippen LogP contribution in [-0.2, 0) is 0 Å². The Kier molecular flexibility index (Phi) is 4.18. The molecule has 0 aliphatic heterocycles. The normalized spacial score (nSPS) is 11.2. The molecule has 0 fully saturated rings. The van der Waals surface area contributed by atoms with Gasteiger partial charge in [-0.25, -0.2) is 0 Å². The summed E-state index contributed by atoms with van der Waals surface area (Å²) in [7, 11) is 3.60. The van der Waals surface area contributed by atoms with Crippen LogP contribution in [0.15, 0.2) is 59.7 Å². The molecule has 0 heterocycles. The van der Waals surface area contributed by atoms with Gasteiger partial charge in [0.05, 0.1) is 18.5 Å². The zero-order valence-electron chi connectivity index (χ0n) is 11.5. The van der Waals surface area contributed by atoms with E-state index in [9.17, 15) is 0 Å². The first-order valence-electron chi connectivity index (χ1n) is 6.19. The van der Waals surface area contributed by atoms with E-state index in [0.29, 0.717) is 0 Å². The topological polar surface area (TPSA) is 24.8 Å². The summed E-state index contributed by atoms with van der Waals surface area (Å²) >= 11 is 0. The van der Waals surface area contributed by atoms with Gasteiger partial charge in [0.25, 0.3) is 0 Å². The minimum atomic E-state index is 0.848. The fourth-order valence-electron chi connectivity index (χ4n) is 1.82. The fourth-order valence-corrected chi connectivity index (χ4v) is 1.82. The van der Waals surface area contributed by atoms with Crippen molar-refractivity contribution in [2.45, 2.75) is 6.92 Å².